The lowest BCUT2D eigenvalue weighted by Crippen LogP contribution is -2.11. The number of ketones is 1. The lowest BCUT2D eigenvalue weighted by molar-refractivity contribution is -0.143. The van der Waals surface area contributed by atoms with Gasteiger partial charge in [0.2, 0.25) is 0 Å². The highest BCUT2D eigenvalue weighted by Gasteiger charge is 2.21. The number of rotatable bonds is 7. The van der Waals surface area contributed by atoms with E-state index in [0.717, 1.165) is 6.07 Å². The molecule has 2 rings (SSSR count). The van der Waals surface area contributed by atoms with Crippen LogP contribution in [-0.4, -0.2) is 28.4 Å². The number of carbonyl (C=O) groups excluding carboxylic acids is 2. The van der Waals surface area contributed by atoms with Crippen LogP contribution in [0.1, 0.15) is 47.1 Å². The number of ether oxygens (including phenoxy) is 1. The quantitative estimate of drug-likeness (QED) is 0.574. The van der Waals surface area contributed by atoms with E-state index in [1.165, 1.54) is 0 Å². The molecule has 0 aliphatic heterocycles. The van der Waals surface area contributed by atoms with Crippen LogP contribution in [0.25, 0.3) is 0 Å². The molecule has 28 heavy (non-hydrogen) atoms. The number of aromatic nitrogens is 1. The van der Waals surface area contributed by atoms with Gasteiger partial charge in [-0.25, -0.2) is 18.2 Å². The van der Waals surface area contributed by atoms with E-state index in [9.17, 15) is 27.9 Å². The van der Waals surface area contributed by atoms with E-state index in [1.54, 1.807) is 13.0 Å². The minimum Gasteiger partial charge on any atom is -0.504 e. The molecule has 1 aromatic heterocycles. The molecule has 1 heterocycles. The summed E-state index contributed by atoms with van der Waals surface area (Å²) in [6, 6.07) is 3.72. The molecule has 0 atom stereocenters. The first-order valence-corrected chi connectivity index (χ1v) is 8.22. The van der Waals surface area contributed by atoms with Crippen molar-refractivity contribution in [2.24, 2.45) is 0 Å². The molecule has 0 unspecified atom stereocenters. The first-order chi connectivity index (χ1) is 13.3. The molecule has 0 aliphatic rings. The van der Waals surface area contributed by atoms with Crippen LogP contribution in [0, 0.1) is 28.8 Å². The number of pyridine rings is 1. The van der Waals surface area contributed by atoms with Crippen molar-refractivity contribution in [1.29, 1.82) is 5.26 Å². The molecule has 0 saturated carbocycles. The minimum atomic E-state index is -1.15. The molecule has 0 aliphatic carbocycles. The van der Waals surface area contributed by atoms with Crippen molar-refractivity contribution in [3.63, 3.8) is 0 Å². The number of aromatic hydroxyl groups is 1. The van der Waals surface area contributed by atoms with Crippen LogP contribution in [0.5, 0.6) is 5.75 Å². The Balaban J connectivity index is 2.35. The van der Waals surface area contributed by atoms with Gasteiger partial charge in [-0.05, 0) is 13.0 Å². The van der Waals surface area contributed by atoms with Gasteiger partial charge in [0.25, 0.3) is 0 Å². The Bertz CT molecular complexity index is 947. The predicted octanol–water partition coefficient (Wildman–Crippen LogP) is 3.19. The number of nitrogens with zero attached hydrogens (tertiary/aromatic N) is 2. The normalized spacial score (nSPS) is 10.4. The van der Waals surface area contributed by atoms with Gasteiger partial charge in [-0.3, -0.25) is 9.59 Å². The van der Waals surface area contributed by atoms with Crippen molar-refractivity contribution in [2.45, 2.75) is 26.2 Å². The average molecular weight is 392 g/mol. The molecule has 146 valence electrons. The summed E-state index contributed by atoms with van der Waals surface area (Å²) >= 11 is 0. The van der Waals surface area contributed by atoms with Crippen LogP contribution in [-0.2, 0) is 16.0 Å². The second-order valence-corrected chi connectivity index (χ2v) is 5.72. The molecule has 1 aromatic carbocycles. The summed E-state index contributed by atoms with van der Waals surface area (Å²) in [5, 5.41) is 19.2. The molecule has 0 fully saturated rings. The van der Waals surface area contributed by atoms with Crippen LogP contribution in [0.2, 0.25) is 0 Å². The monoisotopic (exact) mass is 392 g/mol. The third kappa shape index (κ3) is 4.85. The Morgan fingerprint density at radius 2 is 1.82 bits per heavy atom. The summed E-state index contributed by atoms with van der Waals surface area (Å²) in [5.74, 6) is -5.46. The van der Waals surface area contributed by atoms with Crippen molar-refractivity contribution in [3.8, 4) is 11.8 Å². The smallest absolute Gasteiger partial charge is 0.306 e. The summed E-state index contributed by atoms with van der Waals surface area (Å²) < 4.78 is 45.5. The second kappa shape index (κ2) is 8.99. The maximum atomic E-state index is 13.9. The summed E-state index contributed by atoms with van der Waals surface area (Å²) in [5.41, 5.74) is -1.42. The van der Waals surface area contributed by atoms with E-state index in [0.29, 0.717) is 12.1 Å². The van der Waals surface area contributed by atoms with Crippen molar-refractivity contribution in [3.05, 3.63) is 58.2 Å². The summed E-state index contributed by atoms with van der Waals surface area (Å²) in [4.78, 5) is 27.5. The molecule has 0 bridgehead atoms. The van der Waals surface area contributed by atoms with E-state index < -0.39 is 52.6 Å². The molecule has 1 N–H and O–H groups in total. The van der Waals surface area contributed by atoms with Crippen LogP contribution < -0.4 is 0 Å². The molecule has 2 aromatic rings. The fourth-order valence-corrected chi connectivity index (χ4v) is 2.45. The number of Topliss-reactive ketones (excluding diaryl/α,β-unsaturated/α-hetero) is 1. The van der Waals surface area contributed by atoms with Crippen molar-refractivity contribution in [2.75, 3.05) is 6.61 Å². The molecular weight excluding hydrogens is 377 g/mol. The van der Waals surface area contributed by atoms with E-state index in [1.807, 2.05) is 0 Å². The van der Waals surface area contributed by atoms with Gasteiger partial charge in [0, 0.05) is 36.2 Å². The molecule has 9 heteroatoms. The molecule has 0 spiro atoms. The molecule has 0 radical (unpaired) electrons. The number of nitriles is 1. The lowest BCUT2D eigenvalue weighted by Gasteiger charge is -2.10. The number of hydrogen-bond acceptors (Lipinski definition) is 6. The molecular formula is C19H15F3N2O4. The van der Waals surface area contributed by atoms with E-state index in [-0.39, 0.29) is 30.7 Å². The zero-order chi connectivity index (χ0) is 20.8. The first-order valence-electron chi connectivity index (χ1n) is 8.22. The van der Waals surface area contributed by atoms with Gasteiger partial charge in [-0.2, -0.15) is 5.26 Å². The zero-order valence-electron chi connectivity index (χ0n) is 14.8. The standard InChI is InChI=1S/C19H15F3N2O4/c1-2-28-17(26)4-3-16(25)18-19(27)10(9-23)5-12(24-18)8-13-14(21)6-11(20)7-15(13)22/h5-7,27H,2-4,8H2,1H3. The number of esters is 1. The van der Waals surface area contributed by atoms with Gasteiger partial charge < -0.3 is 9.84 Å². The van der Waals surface area contributed by atoms with Crippen molar-refractivity contribution >= 4 is 11.8 Å². The topological polar surface area (TPSA) is 100 Å². The highest BCUT2D eigenvalue weighted by Crippen LogP contribution is 2.25. The van der Waals surface area contributed by atoms with Gasteiger partial charge in [0.1, 0.15) is 29.2 Å². The maximum Gasteiger partial charge on any atom is 0.306 e. The molecule has 6 nitrogen and oxygen atoms in total. The van der Waals surface area contributed by atoms with Gasteiger partial charge in [-0.1, -0.05) is 0 Å². The minimum absolute atomic E-state index is 0.0850. The van der Waals surface area contributed by atoms with E-state index >= 15 is 0 Å². The number of benzene rings is 1. The lowest BCUT2D eigenvalue weighted by atomic mass is 10.0. The zero-order valence-corrected chi connectivity index (χ0v) is 14.8. The fourth-order valence-electron chi connectivity index (χ4n) is 2.45. The van der Waals surface area contributed by atoms with E-state index in [2.05, 4.69) is 4.98 Å². The van der Waals surface area contributed by atoms with Crippen LogP contribution >= 0.6 is 0 Å². The molecule has 0 saturated heterocycles. The van der Waals surface area contributed by atoms with Gasteiger partial charge in [0.05, 0.1) is 18.6 Å². The number of hydrogen-bond donors (Lipinski definition) is 1. The third-order valence-corrected chi connectivity index (χ3v) is 3.76. The summed E-state index contributed by atoms with van der Waals surface area (Å²) in [7, 11) is 0. The largest absolute Gasteiger partial charge is 0.504 e. The number of carbonyl (C=O) groups is 2. The highest BCUT2D eigenvalue weighted by atomic mass is 19.1. The summed E-state index contributed by atoms with van der Waals surface area (Å²) in [6.45, 7) is 1.74. The Kier molecular flexibility index (Phi) is 6.71. The average Bonchev–Trinajstić information content (AvgIpc) is 2.63. The Morgan fingerprint density at radius 1 is 1.18 bits per heavy atom. The second-order valence-electron chi connectivity index (χ2n) is 5.72. The van der Waals surface area contributed by atoms with Crippen LogP contribution in [0.3, 0.4) is 0 Å². The Labute approximate surface area is 158 Å². The maximum absolute atomic E-state index is 13.9. The van der Waals surface area contributed by atoms with Gasteiger partial charge >= 0.3 is 5.97 Å². The van der Waals surface area contributed by atoms with Crippen LogP contribution in [0.4, 0.5) is 13.2 Å². The SMILES string of the molecule is CCOC(=O)CCC(=O)c1nc(Cc2c(F)cc(F)cc2F)cc(C#N)c1O. The third-order valence-electron chi connectivity index (χ3n) is 3.76. The predicted molar refractivity (Wildman–Crippen MR) is 89.9 cm³/mol. The molecule has 0 amide bonds. The van der Waals surface area contributed by atoms with E-state index in [4.69, 9.17) is 10.00 Å². The van der Waals surface area contributed by atoms with Gasteiger partial charge in [-0.15, -0.1) is 0 Å². The van der Waals surface area contributed by atoms with Crippen molar-refractivity contribution < 1.29 is 32.6 Å². The van der Waals surface area contributed by atoms with Crippen LogP contribution in [0.15, 0.2) is 18.2 Å². The highest BCUT2D eigenvalue weighted by molar-refractivity contribution is 5.98. The van der Waals surface area contributed by atoms with Gasteiger partial charge in [0.15, 0.2) is 11.5 Å². The summed E-state index contributed by atoms with van der Waals surface area (Å²) in [6.07, 6.45) is -1.08. The Hall–Kier alpha value is -3.41. The Morgan fingerprint density at radius 3 is 2.39 bits per heavy atom. The first kappa shape index (κ1) is 20.9. The number of halogens is 3. The van der Waals surface area contributed by atoms with Crippen molar-refractivity contribution in [1.82, 2.24) is 4.98 Å². The fraction of sp³-hybridized carbons (Fsp3) is 0.263.